The monoisotopic (exact) mass is 346 g/mol. The van der Waals surface area contributed by atoms with Gasteiger partial charge in [-0.05, 0) is 54.8 Å². The fourth-order valence-electron chi connectivity index (χ4n) is 6.43. The Morgan fingerprint density at radius 1 is 1.20 bits per heavy atom. The van der Waals surface area contributed by atoms with Gasteiger partial charge in [-0.25, -0.2) is 4.79 Å². The van der Waals surface area contributed by atoms with E-state index in [0.717, 1.165) is 25.5 Å². The molecule has 4 heteroatoms. The second kappa shape index (κ2) is 6.07. The van der Waals surface area contributed by atoms with Gasteiger partial charge in [0, 0.05) is 12.0 Å². The highest BCUT2D eigenvalue weighted by molar-refractivity contribution is 6.05. The molecule has 3 aliphatic carbocycles. The van der Waals surface area contributed by atoms with Gasteiger partial charge in [-0.1, -0.05) is 33.3 Å². The van der Waals surface area contributed by atoms with E-state index in [1.54, 1.807) is 0 Å². The van der Waals surface area contributed by atoms with Crippen LogP contribution >= 0.6 is 0 Å². The molecular weight excluding hydrogens is 316 g/mol. The lowest BCUT2D eigenvalue weighted by Crippen LogP contribution is -2.58. The topological polar surface area (TPSA) is 60.4 Å². The van der Waals surface area contributed by atoms with Crippen LogP contribution in [0.1, 0.15) is 65.7 Å². The summed E-state index contributed by atoms with van der Waals surface area (Å²) in [6.07, 6.45) is 8.33. The summed E-state index contributed by atoms with van der Waals surface area (Å²) in [5.41, 5.74) is -0.339. The van der Waals surface area contributed by atoms with Crippen LogP contribution < -0.4 is 0 Å². The quantitative estimate of drug-likeness (QED) is 0.432. The van der Waals surface area contributed by atoms with Crippen molar-refractivity contribution in [3.63, 3.8) is 0 Å². The van der Waals surface area contributed by atoms with Gasteiger partial charge in [0.05, 0.1) is 12.5 Å². The highest BCUT2D eigenvalue weighted by atomic mass is 16.5. The maximum atomic E-state index is 13.1. The first-order valence-electron chi connectivity index (χ1n) is 9.48. The lowest BCUT2D eigenvalue weighted by atomic mass is 9.42. The lowest BCUT2D eigenvalue weighted by Gasteiger charge is -2.61. The Morgan fingerprint density at radius 2 is 1.92 bits per heavy atom. The molecule has 0 amide bonds. The van der Waals surface area contributed by atoms with Crippen LogP contribution in [0.2, 0.25) is 0 Å². The van der Waals surface area contributed by atoms with Crippen LogP contribution in [0.5, 0.6) is 0 Å². The molecular formula is C21H30O4. The first-order chi connectivity index (χ1) is 11.7. The van der Waals surface area contributed by atoms with Gasteiger partial charge in [0.2, 0.25) is 0 Å². The molecule has 3 rings (SSSR count). The highest BCUT2D eigenvalue weighted by Crippen LogP contribution is 2.65. The number of hydrogen-bond acceptors (Lipinski definition) is 4. The summed E-state index contributed by atoms with van der Waals surface area (Å²) in [6, 6.07) is 0. The molecule has 0 radical (unpaired) electrons. The third kappa shape index (κ3) is 2.60. The van der Waals surface area contributed by atoms with Gasteiger partial charge in [-0.3, -0.25) is 4.79 Å². The average molecular weight is 346 g/mol. The van der Waals surface area contributed by atoms with E-state index in [-0.39, 0.29) is 29.0 Å². The van der Waals surface area contributed by atoms with E-state index in [1.165, 1.54) is 13.5 Å². The first-order valence-corrected chi connectivity index (χ1v) is 9.48. The van der Waals surface area contributed by atoms with E-state index in [4.69, 9.17) is 4.74 Å². The molecule has 0 spiro atoms. The Morgan fingerprint density at radius 3 is 2.56 bits per heavy atom. The van der Waals surface area contributed by atoms with E-state index in [2.05, 4.69) is 20.8 Å². The molecule has 0 aromatic heterocycles. The van der Waals surface area contributed by atoms with Crippen molar-refractivity contribution in [2.45, 2.75) is 65.7 Å². The van der Waals surface area contributed by atoms with Crippen LogP contribution in [0.3, 0.4) is 0 Å². The smallest absolute Gasteiger partial charge is 0.333 e. The molecule has 2 fully saturated rings. The van der Waals surface area contributed by atoms with Crippen molar-refractivity contribution in [1.82, 2.24) is 0 Å². The standard InChI is InChI=1S/C21H30O4/c1-19(2)9-5-10-20(3)15(19)8-11-21(13-22)16(20)7-6-14(12-17(21)23)18(24)25-4/h6,13,15-16H,5,7-12H2,1-4H3/t15?,16?,20-,21?/m0/s1. The number of carbonyl (C=O) groups excluding carboxylic acids is 3. The van der Waals surface area contributed by atoms with Gasteiger partial charge < -0.3 is 9.53 Å². The fourth-order valence-corrected chi connectivity index (χ4v) is 6.43. The van der Waals surface area contributed by atoms with Crippen LogP contribution in [0.25, 0.3) is 0 Å². The molecule has 0 saturated heterocycles. The minimum Gasteiger partial charge on any atom is -0.466 e. The van der Waals surface area contributed by atoms with E-state index in [0.29, 0.717) is 24.3 Å². The third-order valence-electron chi connectivity index (χ3n) is 7.67. The average Bonchev–Trinajstić information content (AvgIpc) is 2.71. The largest absolute Gasteiger partial charge is 0.466 e. The lowest BCUT2D eigenvalue weighted by molar-refractivity contribution is -0.162. The van der Waals surface area contributed by atoms with Crippen molar-refractivity contribution < 1.29 is 19.1 Å². The number of allylic oxidation sites excluding steroid dienone is 1. The van der Waals surface area contributed by atoms with E-state index < -0.39 is 11.4 Å². The van der Waals surface area contributed by atoms with E-state index in [9.17, 15) is 14.4 Å². The zero-order valence-corrected chi connectivity index (χ0v) is 15.9. The van der Waals surface area contributed by atoms with Crippen molar-refractivity contribution in [2.24, 2.45) is 28.1 Å². The molecule has 0 bridgehead atoms. The molecule has 25 heavy (non-hydrogen) atoms. The molecule has 0 aromatic rings. The summed E-state index contributed by atoms with van der Waals surface area (Å²) >= 11 is 0. The van der Waals surface area contributed by atoms with Crippen molar-refractivity contribution in [3.05, 3.63) is 11.6 Å². The van der Waals surface area contributed by atoms with Crippen molar-refractivity contribution in [1.29, 1.82) is 0 Å². The van der Waals surface area contributed by atoms with Gasteiger partial charge in [0.25, 0.3) is 0 Å². The minimum atomic E-state index is -0.940. The normalized spacial score (nSPS) is 40.2. The van der Waals surface area contributed by atoms with Crippen molar-refractivity contribution in [3.8, 4) is 0 Å². The van der Waals surface area contributed by atoms with E-state index >= 15 is 0 Å². The summed E-state index contributed by atoms with van der Waals surface area (Å²) in [4.78, 5) is 37.4. The fraction of sp³-hybridized carbons (Fsp3) is 0.762. The summed E-state index contributed by atoms with van der Waals surface area (Å²) < 4.78 is 4.83. The van der Waals surface area contributed by atoms with Crippen LogP contribution in [-0.2, 0) is 19.1 Å². The molecule has 3 unspecified atom stereocenters. The number of ether oxygens (including phenoxy) is 1. The Balaban J connectivity index is 2.07. The number of rotatable bonds is 2. The minimum absolute atomic E-state index is 0.0199. The van der Waals surface area contributed by atoms with E-state index in [1.807, 2.05) is 6.08 Å². The predicted molar refractivity (Wildman–Crippen MR) is 94.8 cm³/mol. The van der Waals surface area contributed by atoms with Crippen LogP contribution in [0.4, 0.5) is 0 Å². The summed E-state index contributed by atoms with van der Waals surface area (Å²) in [7, 11) is 1.34. The second-order valence-corrected chi connectivity index (χ2v) is 9.21. The van der Waals surface area contributed by atoms with Gasteiger partial charge in [0.15, 0.2) is 5.78 Å². The number of esters is 1. The molecule has 3 aliphatic rings. The Kier molecular flexibility index (Phi) is 4.45. The van der Waals surface area contributed by atoms with Crippen molar-refractivity contribution in [2.75, 3.05) is 7.11 Å². The Labute approximate surface area is 150 Å². The van der Waals surface area contributed by atoms with Gasteiger partial charge in [0.1, 0.15) is 6.29 Å². The molecule has 0 heterocycles. The highest BCUT2D eigenvalue weighted by Gasteiger charge is 2.62. The molecule has 4 atom stereocenters. The Bertz CT molecular complexity index is 632. The number of carbonyl (C=O) groups is 3. The maximum Gasteiger partial charge on any atom is 0.333 e. The summed E-state index contributed by atoms with van der Waals surface area (Å²) in [6.45, 7) is 6.94. The van der Waals surface area contributed by atoms with Crippen LogP contribution in [0, 0.1) is 28.1 Å². The summed E-state index contributed by atoms with van der Waals surface area (Å²) in [5, 5.41) is 0. The molecule has 2 saturated carbocycles. The number of methoxy groups -OCH3 is 1. The number of fused-ring (bicyclic) bond motifs is 3. The molecule has 4 nitrogen and oxygen atoms in total. The SMILES string of the molecule is COC(=O)C1=CCC2C(C=O)(CCC3C(C)(C)CCC[C@@]32C)C(=O)C1. The number of aldehydes is 1. The zero-order valence-electron chi connectivity index (χ0n) is 15.9. The number of hydrogen-bond donors (Lipinski definition) is 0. The zero-order chi connectivity index (χ0) is 18.5. The third-order valence-corrected chi connectivity index (χ3v) is 7.67. The van der Waals surface area contributed by atoms with Crippen LogP contribution in [0.15, 0.2) is 11.6 Å². The predicted octanol–water partition coefficient (Wildman–Crippen LogP) is 3.88. The second-order valence-electron chi connectivity index (χ2n) is 9.21. The molecule has 138 valence electrons. The number of Topliss-reactive ketones (excluding diaryl/α,β-unsaturated/α-hetero) is 1. The van der Waals surface area contributed by atoms with Gasteiger partial charge in [-0.2, -0.15) is 0 Å². The molecule has 0 N–H and O–H groups in total. The van der Waals surface area contributed by atoms with Gasteiger partial charge >= 0.3 is 5.97 Å². The maximum absolute atomic E-state index is 13.1. The Hall–Kier alpha value is -1.45. The van der Waals surface area contributed by atoms with Gasteiger partial charge in [-0.15, -0.1) is 0 Å². The first kappa shape index (κ1) is 18.3. The molecule has 0 aromatic carbocycles. The summed E-state index contributed by atoms with van der Waals surface area (Å²) in [5.74, 6) is -0.0541. The van der Waals surface area contributed by atoms with Crippen LogP contribution in [-0.4, -0.2) is 25.1 Å². The molecule has 0 aliphatic heterocycles. The number of ketones is 1. The van der Waals surface area contributed by atoms with Crippen molar-refractivity contribution >= 4 is 18.0 Å².